The van der Waals surface area contributed by atoms with Crippen molar-refractivity contribution < 1.29 is 9.53 Å². The second-order valence-electron chi connectivity index (χ2n) is 4.95. The molecule has 2 aliphatic carbocycles. The van der Waals surface area contributed by atoms with Gasteiger partial charge in [-0.25, -0.2) is 0 Å². The van der Waals surface area contributed by atoms with Crippen LogP contribution < -0.4 is 5.73 Å². The van der Waals surface area contributed by atoms with Gasteiger partial charge in [-0.1, -0.05) is 0 Å². The molecular weight excluding hydrogens is 192 g/mol. The maximum atomic E-state index is 11.7. The van der Waals surface area contributed by atoms with Gasteiger partial charge in [0, 0.05) is 12.6 Å². The molecule has 0 radical (unpaired) electrons. The predicted molar refractivity (Wildman–Crippen MR) is 57.3 cm³/mol. The van der Waals surface area contributed by atoms with Crippen molar-refractivity contribution in [1.29, 1.82) is 0 Å². The molecule has 15 heavy (non-hydrogen) atoms. The second kappa shape index (κ2) is 3.76. The average molecular weight is 212 g/mol. The van der Waals surface area contributed by atoms with E-state index in [1.54, 1.807) is 0 Å². The minimum Gasteiger partial charge on any atom is -0.468 e. The summed E-state index contributed by atoms with van der Waals surface area (Å²) in [6, 6.07) is 0.635. The van der Waals surface area contributed by atoms with E-state index in [2.05, 4.69) is 4.90 Å². The van der Waals surface area contributed by atoms with Gasteiger partial charge in [0.05, 0.1) is 7.11 Å². The normalized spacial score (nSPS) is 25.1. The third-order valence-electron chi connectivity index (χ3n) is 3.55. The number of nitrogens with two attached hydrogens (primary N) is 1. The molecule has 0 bridgehead atoms. The summed E-state index contributed by atoms with van der Waals surface area (Å²) >= 11 is 0. The molecular formula is C11H20N2O2. The maximum absolute atomic E-state index is 11.7. The van der Waals surface area contributed by atoms with E-state index in [1.807, 2.05) is 7.05 Å². The van der Waals surface area contributed by atoms with E-state index in [-0.39, 0.29) is 5.97 Å². The largest absolute Gasteiger partial charge is 0.468 e. The van der Waals surface area contributed by atoms with Gasteiger partial charge in [0.15, 0.2) is 0 Å². The first-order chi connectivity index (χ1) is 7.08. The molecule has 0 aliphatic heterocycles. The van der Waals surface area contributed by atoms with Gasteiger partial charge < -0.3 is 15.4 Å². The van der Waals surface area contributed by atoms with Crippen molar-refractivity contribution in [2.75, 3.05) is 20.7 Å². The Bertz CT molecular complexity index is 261. The minimum absolute atomic E-state index is 0.252. The van der Waals surface area contributed by atoms with E-state index in [1.165, 1.54) is 20.0 Å². The number of ether oxygens (including phenoxy) is 1. The molecule has 0 spiro atoms. The van der Waals surface area contributed by atoms with Crippen LogP contribution in [0.3, 0.4) is 0 Å². The molecule has 4 heteroatoms. The van der Waals surface area contributed by atoms with Gasteiger partial charge in [-0.2, -0.15) is 0 Å². The van der Waals surface area contributed by atoms with Crippen molar-refractivity contribution in [2.24, 2.45) is 11.7 Å². The summed E-state index contributed by atoms with van der Waals surface area (Å²) in [6.45, 7) is 0.634. The van der Waals surface area contributed by atoms with Gasteiger partial charge >= 0.3 is 5.97 Å². The summed E-state index contributed by atoms with van der Waals surface area (Å²) in [5.74, 6) is 0.0728. The molecule has 2 fully saturated rings. The summed E-state index contributed by atoms with van der Waals surface area (Å²) in [6.07, 6.45) is 4.59. The average Bonchev–Trinajstić information content (AvgIpc) is 3.08. The quantitative estimate of drug-likeness (QED) is 0.669. The zero-order valence-corrected chi connectivity index (χ0v) is 9.53. The topological polar surface area (TPSA) is 55.6 Å². The molecule has 0 aromatic carbocycles. The summed E-state index contributed by atoms with van der Waals surface area (Å²) in [4.78, 5) is 13.9. The zero-order chi connectivity index (χ0) is 11.1. The molecule has 2 N–H and O–H groups in total. The monoisotopic (exact) mass is 212 g/mol. The van der Waals surface area contributed by atoms with E-state index in [0.717, 1.165) is 12.8 Å². The first kappa shape index (κ1) is 10.9. The van der Waals surface area contributed by atoms with Crippen LogP contribution in [0.4, 0.5) is 0 Å². The molecule has 4 nitrogen and oxygen atoms in total. The molecule has 0 amide bonds. The van der Waals surface area contributed by atoms with E-state index >= 15 is 0 Å². The van der Waals surface area contributed by atoms with Crippen LogP contribution in [0.15, 0.2) is 0 Å². The van der Waals surface area contributed by atoms with Gasteiger partial charge in [-0.05, 0) is 38.6 Å². The first-order valence-corrected chi connectivity index (χ1v) is 5.65. The Morgan fingerprint density at radius 3 is 2.47 bits per heavy atom. The number of carbonyl (C=O) groups excluding carboxylic acids is 1. The summed E-state index contributed by atoms with van der Waals surface area (Å²) in [5.41, 5.74) is 5.44. The molecule has 2 rings (SSSR count). The number of methoxy groups -OCH3 is 1. The number of carbonyl (C=O) groups is 1. The van der Waals surface area contributed by atoms with Crippen LogP contribution in [0.2, 0.25) is 0 Å². The van der Waals surface area contributed by atoms with Crippen molar-refractivity contribution >= 4 is 5.97 Å². The molecule has 1 unspecified atom stereocenters. The molecule has 0 saturated heterocycles. The van der Waals surface area contributed by atoms with Crippen LogP contribution in [0.1, 0.15) is 25.7 Å². The SMILES string of the molecule is COC(=O)C(N)(CN(C)C1CC1)C1CC1. The molecule has 0 aromatic heterocycles. The zero-order valence-electron chi connectivity index (χ0n) is 9.53. The smallest absolute Gasteiger partial charge is 0.327 e. The standard InChI is InChI=1S/C11H20N2O2/c1-13(9-5-6-9)7-11(12,8-3-4-8)10(14)15-2/h8-9H,3-7,12H2,1-2H3. The summed E-state index contributed by atoms with van der Waals surface area (Å²) in [5, 5.41) is 0. The number of hydrogen-bond acceptors (Lipinski definition) is 4. The van der Waals surface area contributed by atoms with Gasteiger partial charge in [-0.3, -0.25) is 4.79 Å². The number of nitrogens with zero attached hydrogens (tertiary/aromatic N) is 1. The van der Waals surface area contributed by atoms with E-state index in [4.69, 9.17) is 10.5 Å². The Morgan fingerprint density at radius 2 is 2.07 bits per heavy atom. The third-order valence-corrected chi connectivity index (χ3v) is 3.55. The highest BCUT2D eigenvalue weighted by molar-refractivity contribution is 5.81. The fourth-order valence-electron chi connectivity index (χ4n) is 2.21. The minimum atomic E-state index is -0.772. The van der Waals surface area contributed by atoms with Crippen LogP contribution >= 0.6 is 0 Å². The maximum Gasteiger partial charge on any atom is 0.327 e. The lowest BCUT2D eigenvalue weighted by atomic mass is 9.94. The van der Waals surface area contributed by atoms with Gasteiger partial charge in [0.25, 0.3) is 0 Å². The molecule has 2 aliphatic rings. The van der Waals surface area contributed by atoms with Crippen molar-refractivity contribution in [3.8, 4) is 0 Å². The molecule has 1 atom stereocenters. The van der Waals surface area contributed by atoms with Crippen molar-refractivity contribution in [1.82, 2.24) is 4.90 Å². The van der Waals surface area contributed by atoms with Crippen LogP contribution in [0.25, 0.3) is 0 Å². The number of rotatable bonds is 5. The number of esters is 1. The van der Waals surface area contributed by atoms with Gasteiger partial charge in [0.1, 0.15) is 5.54 Å². The Kier molecular flexibility index (Phi) is 2.73. The molecule has 0 aromatic rings. The fourth-order valence-corrected chi connectivity index (χ4v) is 2.21. The fraction of sp³-hybridized carbons (Fsp3) is 0.909. The highest BCUT2D eigenvalue weighted by Crippen LogP contribution is 2.40. The number of likely N-dealkylation sites (N-methyl/N-ethyl adjacent to an activating group) is 1. The first-order valence-electron chi connectivity index (χ1n) is 5.65. The van der Waals surface area contributed by atoms with Crippen molar-refractivity contribution in [3.05, 3.63) is 0 Å². The molecule has 0 heterocycles. The lowest BCUT2D eigenvalue weighted by molar-refractivity contribution is -0.148. The highest BCUT2D eigenvalue weighted by atomic mass is 16.5. The van der Waals surface area contributed by atoms with Crippen molar-refractivity contribution in [3.63, 3.8) is 0 Å². The Morgan fingerprint density at radius 1 is 1.47 bits per heavy atom. The third kappa shape index (κ3) is 2.16. The lowest BCUT2D eigenvalue weighted by Gasteiger charge is -2.31. The van der Waals surface area contributed by atoms with Crippen LogP contribution in [0.5, 0.6) is 0 Å². The Hall–Kier alpha value is -0.610. The molecule has 2 saturated carbocycles. The van der Waals surface area contributed by atoms with E-state index in [9.17, 15) is 4.79 Å². The highest BCUT2D eigenvalue weighted by Gasteiger charge is 2.50. The number of hydrogen-bond donors (Lipinski definition) is 1. The van der Waals surface area contributed by atoms with Crippen molar-refractivity contribution in [2.45, 2.75) is 37.3 Å². The van der Waals surface area contributed by atoms with Crippen LogP contribution in [0, 0.1) is 5.92 Å². The summed E-state index contributed by atoms with van der Waals surface area (Å²) < 4.78 is 4.83. The lowest BCUT2D eigenvalue weighted by Crippen LogP contribution is -2.58. The van der Waals surface area contributed by atoms with Gasteiger partial charge in [0.2, 0.25) is 0 Å². The Labute approximate surface area is 90.8 Å². The van der Waals surface area contributed by atoms with Gasteiger partial charge in [-0.15, -0.1) is 0 Å². The van der Waals surface area contributed by atoms with Crippen LogP contribution in [-0.2, 0) is 9.53 Å². The van der Waals surface area contributed by atoms with E-state index in [0.29, 0.717) is 18.5 Å². The molecule has 86 valence electrons. The second-order valence-corrected chi connectivity index (χ2v) is 4.95. The summed E-state index contributed by atoms with van der Waals surface area (Å²) in [7, 11) is 3.47. The van der Waals surface area contributed by atoms with E-state index < -0.39 is 5.54 Å². The predicted octanol–water partition coefficient (Wildman–Crippen LogP) is 0.361. The Balaban J connectivity index is 2.00. The van der Waals surface area contributed by atoms with Crippen LogP contribution in [-0.4, -0.2) is 43.2 Å².